The van der Waals surface area contributed by atoms with Crippen LogP contribution in [0.15, 0.2) is 29.2 Å². The number of carbonyl (C=O) groups is 2. The zero-order valence-corrected chi connectivity index (χ0v) is 16.1. The number of likely N-dealkylation sites (tertiary alicyclic amines) is 1. The van der Waals surface area contributed by atoms with Gasteiger partial charge >= 0.3 is 5.97 Å². The van der Waals surface area contributed by atoms with Crippen molar-refractivity contribution in [3.8, 4) is 0 Å². The number of anilines is 1. The molecule has 1 spiro atoms. The van der Waals surface area contributed by atoms with E-state index in [9.17, 15) is 18.0 Å². The number of nitrogens with zero attached hydrogens (tertiary/aromatic N) is 1. The molecule has 3 heterocycles. The molecule has 27 heavy (non-hydrogen) atoms. The molecule has 8 nitrogen and oxygen atoms in total. The van der Waals surface area contributed by atoms with Gasteiger partial charge < -0.3 is 15.0 Å². The zero-order valence-electron chi connectivity index (χ0n) is 15.3. The average molecular weight is 393 g/mol. The molecule has 0 radical (unpaired) electrons. The SMILES string of the molecule is CC1(C)OC(=O)CC1C(=O)N1CCC2(CC1)Nc1ccccc1S(=O)(=O)N2. The Kier molecular flexibility index (Phi) is 4.01. The number of rotatable bonds is 1. The van der Waals surface area contributed by atoms with Crippen molar-refractivity contribution in [2.75, 3.05) is 18.4 Å². The minimum absolute atomic E-state index is 0.0890. The number of ether oxygens (including phenoxy) is 1. The summed E-state index contributed by atoms with van der Waals surface area (Å²) in [6, 6.07) is 6.79. The number of fused-ring (bicyclic) bond motifs is 1. The average Bonchev–Trinajstić information content (AvgIpc) is 2.86. The molecule has 4 rings (SSSR count). The maximum atomic E-state index is 12.9. The van der Waals surface area contributed by atoms with E-state index in [2.05, 4.69) is 10.0 Å². The van der Waals surface area contributed by atoms with Crippen LogP contribution in [0.4, 0.5) is 5.69 Å². The summed E-state index contributed by atoms with van der Waals surface area (Å²) in [6.45, 7) is 4.30. The van der Waals surface area contributed by atoms with Gasteiger partial charge in [-0.3, -0.25) is 9.59 Å². The molecule has 2 saturated heterocycles. The van der Waals surface area contributed by atoms with Gasteiger partial charge in [0, 0.05) is 25.9 Å². The Labute approximate surface area is 158 Å². The van der Waals surface area contributed by atoms with Crippen LogP contribution in [0.5, 0.6) is 0 Å². The Balaban J connectivity index is 1.50. The standard InChI is InChI=1S/C18H23N3O5S/c1-17(2)12(11-15(22)26-17)16(23)21-9-7-18(8-10-21)19-13-5-3-4-6-14(13)27(24,25)20-18/h3-6,12,19-20H,7-11H2,1-2H3. The zero-order chi connectivity index (χ0) is 19.4. The van der Waals surface area contributed by atoms with E-state index < -0.39 is 27.2 Å². The molecule has 1 atom stereocenters. The highest BCUT2D eigenvalue weighted by Gasteiger charge is 2.49. The van der Waals surface area contributed by atoms with Crippen LogP contribution in [-0.4, -0.2) is 49.5 Å². The molecule has 0 saturated carbocycles. The minimum atomic E-state index is -3.61. The fraction of sp³-hybridized carbons (Fsp3) is 0.556. The number of para-hydroxylation sites is 1. The highest BCUT2D eigenvalue weighted by atomic mass is 32.2. The van der Waals surface area contributed by atoms with Crippen molar-refractivity contribution >= 4 is 27.6 Å². The number of hydrogen-bond acceptors (Lipinski definition) is 6. The maximum Gasteiger partial charge on any atom is 0.307 e. The Morgan fingerprint density at radius 2 is 1.89 bits per heavy atom. The van der Waals surface area contributed by atoms with Crippen molar-refractivity contribution in [2.45, 2.75) is 49.3 Å². The molecule has 0 aliphatic carbocycles. The summed E-state index contributed by atoms with van der Waals surface area (Å²) in [6.07, 6.45) is 0.967. The summed E-state index contributed by atoms with van der Waals surface area (Å²) in [5.41, 5.74) is -1.04. The molecule has 2 N–H and O–H groups in total. The number of carbonyl (C=O) groups excluding carboxylic acids is 2. The van der Waals surface area contributed by atoms with Gasteiger partial charge in [0.15, 0.2) is 0 Å². The summed E-state index contributed by atoms with van der Waals surface area (Å²) in [7, 11) is -3.61. The first-order valence-corrected chi connectivity index (χ1v) is 10.5. The van der Waals surface area contributed by atoms with Gasteiger partial charge in [0.1, 0.15) is 16.2 Å². The van der Waals surface area contributed by atoms with Gasteiger partial charge in [0.2, 0.25) is 15.9 Å². The molecule has 1 unspecified atom stereocenters. The molecule has 3 aliphatic heterocycles. The maximum absolute atomic E-state index is 12.9. The first-order chi connectivity index (χ1) is 12.6. The van der Waals surface area contributed by atoms with Crippen molar-refractivity contribution in [1.29, 1.82) is 0 Å². The molecule has 1 aromatic rings. The smallest absolute Gasteiger partial charge is 0.307 e. The van der Waals surface area contributed by atoms with Gasteiger partial charge in [-0.1, -0.05) is 12.1 Å². The Hall–Kier alpha value is -2.13. The van der Waals surface area contributed by atoms with Crippen LogP contribution >= 0.6 is 0 Å². The third-order valence-electron chi connectivity index (χ3n) is 5.69. The van der Waals surface area contributed by atoms with E-state index in [0.29, 0.717) is 31.6 Å². The first-order valence-electron chi connectivity index (χ1n) is 9.04. The monoisotopic (exact) mass is 393 g/mol. The number of benzene rings is 1. The summed E-state index contributed by atoms with van der Waals surface area (Å²) < 4.78 is 33.2. The van der Waals surface area contributed by atoms with Crippen molar-refractivity contribution < 1.29 is 22.7 Å². The lowest BCUT2D eigenvalue weighted by Gasteiger charge is -2.46. The van der Waals surface area contributed by atoms with Crippen molar-refractivity contribution in [3.63, 3.8) is 0 Å². The van der Waals surface area contributed by atoms with Crippen LogP contribution in [0.1, 0.15) is 33.1 Å². The van der Waals surface area contributed by atoms with E-state index in [1.807, 2.05) is 0 Å². The van der Waals surface area contributed by atoms with E-state index >= 15 is 0 Å². The summed E-state index contributed by atoms with van der Waals surface area (Å²) in [5, 5.41) is 3.31. The molecule has 0 bridgehead atoms. The fourth-order valence-electron chi connectivity index (χ4n) is 4.16. The van der Waals surface area contributed by atoms with Gasteiger partial charge in [-0.2, -0.15) is 4.72 Å². The van der Waals surface area contributed by atoms with E-state index in [1.165, 1.54) is 0 Å². The fourth-order valence-corrected chi connectivity index (χ4v) is 5.71. The number of piperidine rings is 1. The number of esters is 1. The van der Waals surface area contributed by atoms with Crippen molar-refractivity contribution in [3.05, 3.63) is 24.3 Å². The Morgan fingerprint density at radius 1 is 1.22 bits per heavy atom. The lowest BCUT2D eigenvalue weighted by Crippen LogP contribution is -2.63. The Bertz CT molecular complexity index is 903. The summed E-state index contributed by atoms with van der Waals surface area (Å²) in [5.74, 6) is -0.972. The highest BCUT2D eigenvalue weighted by Crippen LogP contribution is 2.37. The molecular weight excluding hydrogens is 370 g/mol. The molecule has 3 aliphatic rings. The normalized spacial score (nSPS) is 27.6. The quantitative estimate of drug-likeness (QED) is 0.691. The van der Waals surface area contributed by atoms with Gasteiger partial charge in [-0.25, -0.2) is 8.42 Å². The van der Waals surface area contributed by atoms with Gasteiger partial charge in [0.05, 0.1) is 18.0 Å². The number of amides is 1. The number of hydrogen-bond donors (Lipinski definition) is 2. The van der Waals surface area contributed by atoms with Crippen molar-refractivity contribution in [1.82, 2.24) is 9.62 Å². The Morgan fingerprint density at radius 3 is 2.52 bits per heavy atom. The second-order valence-corrected chi connectivity index (χ2v) is 9.62. The number of sulfonamides is 1. The number of cyclic esters (lactones) is 1. The lowest BCUT2D eigenvalue weighted by molar-refractivity contribution is -0.149. The predicted molar refractivity (Wildman–Crippen MR) is 97.2 cm³/mol. The topological polar surface area (TPSA) is 105 Å². The van der Waals surface area contributed by atoms with Gasteiger partial charge in [0.25, 0.3) is 0 Å². The van der Waals surface area contributed by atoms with Crippen LogP contribution in [-0.2, 0) is 24.3 Å². The van der Waals surface area contributed by atoms with Gasteiger partial charge in [-0.15, -0.1) is 0 Å². The molecule has 146 valence electrons. The van der Waals surface area contributed by atoms with E-state index in [-0.39, 0.29) is 23.2 Å². The largest absolute Gasteiger partial charge is 0.459 e. The summed E-state index contributed by atoms with van der Waals surface area (Å²) >= 11 is 0. The molecule has 1 aromatic carbocycles. The lowest BCUT2D eigenvalue weighted by atomic mass is 9.88. The van der Waals surface area contributed by atoms with Crippen molar-refractivity contribution in [2.24, 2.45) is 5.92 Å². The van der Waals surface area contributed by atoms with Crippen LogP contribution in [0.3, 0.4) is 0 Å². The molecule has 1 amide bonds. The molecular formula is C18H23N3O5S. The molecule has 9 heteroatoms. The third-order valence-corrected chi connectivity index (χ3v) is 7.29. The van der Waals surface area contributed by atoms with Crippen LogP contribution < -0.4 is 10.0 Å². The molecule has 0 aromatic heterocycles. The van der Waals surface area contributed by atoms with E-state index in [4.69, 9.17) is 4.74 Å². The number of nitrogens with one attached hydrogen (secondary N) is 2. The van der Waals surface area contributed by atoms with Crippen LogP contribution in [0, 0.1) is 5.92 Å². The minimum Gasteiger partial charge on any atom is -0.459 e. The van der Waals surface area contributed by atoms with Crippen LogP contribution in [0.2, 0.25) is 0 Å². The highest BCUT2D eigenvalue weighted by molar-refractivity contribution is 7.89. The van der Waals surface area contributed by atoms with Crippen LogP contribution in [0.25, 0.3) is 0 Å². The second kappa shape index (κ2) is 5.93. The first kappa shape index (κ1) is 18.2. The van der Waals surface area contributed by atoms with E-state index in [1.54, 1.807) is 43.0 Å². The predicted octanol–water partition coefficient (Wildman–Crippen LogP) is 1.05. The van der Waals surface area contributed by atoms with Gasteiger partial charge in [-0.05, 0) is 26.0 Å². The van der Waals surface area contributed by atoms with E-state index in [0.717, 1.165) is 0 Å². The summed E-state index contributed by atoms with van der Waals surface area (Å²) in [4.78, 5) is 26.4. The third kappa shape index (κ3) is 3.08. The second-order valence-electron chi connectivity index (χ2n) is 7.97. The molecule has 2 fully saturated rings.